The normalized spacial score (nSPS) is 20.6. The van der Waals surface area contributed by atoms with Crippen molar-refractivity contribution in [2.24, 2.45) is 0 Å². The zero-order valence-electron chi connectivity index (χ0n) is 10.1. The number of nitrogens with one attached hydrogen (secondary N) is 1. The molecule has 0 saturated carbocycles. The van der Waals surface area contributed by atoms with E-state index in [-0.39, 0.29) is 6.61 Å². The predicted octanol–water partition coefficient (Wildman–Crippen LogP) is 1.81. The smallest absolute Gasteiger partial charge is 0.0451 e. The molecule has 0 aliphatic carbocycles. The number of nitrogens with zero attached hydrogens (tertiary/aromatic N) is 1. The molecule has 94 valence electrons. The Balaban J connectivity index is 2.25. The molecule has 3 nitrogen and oxygen atoms in total. The fourth-order valence-corrected chi connectivity index (χ4v) is 2.54. The third-order valence-corrected chi connectivity index (χ3v) is 3.53. The van der Waals surface area contributed by atoms with Gasteiger partial charge in [-0.3, -0.25) is 0 Å². The fourth-order valence-electron chi connectivity index (χ4n) is 2.38. The van der Waals surface area contributed by atoms with Gasteiger partial charge < -0.3 is 15.3 Å². The van der Waals surface area contributed by atoms with Gasteiger partial charge in [0.15, 0.2) is 0 Å². The lowest BCUT2D eigenvalue weighted by Gasteiger charge is -2.38. The lowest BCUT2D eigenvalue weighted by atomic mass is 10.1. The molecule has 1 aliphatic rings. The molecule has 2 rings (SSSR count). The molecule has 17 heavy (non-hydrogen) atoms. The number of aliphatic hydroxyl groups is 1. The zero-order valence-corrected chi connectivity index (χ0v) is 10.9. The third kappa shape index (κ3) is 2.92. The number of hydrogen-bond donors (Lipinski definition) is 2. The monoisotopic (exact) mass is 254 g/mol. The summed E-state index contributed by atoms with van der Waals surface area (Å²) in [5.41, 5.74) is 2.43. The van der Waals surface area contributed by atoms with Crippen LogP contribution in [0.3, 0.4) is 0 Å². The van der Waals surface area contributed by atoms with Crippen LogP contribution in [0.15, 0.2) is 18.2 Å². The van der Waals surface area contributed by atoms with Crippen LogP contribution in [0.4, 0.5) is 5.69 Å². The maximum absolute atomic E-state index is 9.13. The van der Waals surface area contributed by atoms with Crippen molar-refractivity contribution < 1.29 is 5.11 Å². The van der Waals surface area contributed by atoms with Crippen LogP contribution >= 0.6 is 11.6 Å². The highest BCUT2D eigenvalue weighted by atomic mass is 35.5. The largest absolute Gasteiger partial charge is 0.396 e. The summed E-state index contributed by atoms with van der Waals surface area (Å²) in [7, 11) is 0. The molecule has 0 radical (unpaired) electrons. The van der Waals surface area contributed by atoms with E-state index in [9.17, 15) is 0 Å². The van der Waals surface area contributed by atoms with Gasteiger partial charge in [0.25, 0.3) is 0 Å². The summed E-state index contributed by atoms with van der Waals surface area (Å²) in [5.74, 6) is 0. The summed E-state index contributed by atoms with van der Waals surface area (Å²) >= 11 is 6.07. The number of aryl methyl sites for hydroxylation is 1. The van der Waals surface area contributed by atoms with Gasteiger partial charge in [-0.05, 0) is 31.0 Å². The van der Waals surface area contributed by atoms with E-state index >= 15 is 0 Å². The van der Waals surface area contributed by atoms with E-state index in [2.05, 4.69) is 23.2 Å². The molecular formula is C13H19ClN2O. The van der Waals surface area contributed by atoms with E-state index in [0.29, 0.717) is 6.04 Å². The first kappa shape index (κ1) is 12.7. The minimum Gasteiger partial charge on any atom is -0.396 e. The van der Waals surface area contributed by atoms with Gasteiger partial charge >= 0.3 is 0 Å². The fraction of sp³-hybridized carbons (Fsp3) is 0.538. The maximum atomic E-state index is 9.13. The maximum Gasteiger partial charge on any atom is 0.0451 e. The summed E-state index contributed by atoms with van der Waals surface area (Å²) < 4.78 is 0. The number of piperazine rings is 1. The number of rotatable bonds is 3. The van der Waals surface area contributed by atoms with Crippen LogP contribution in [0.25, 0.3) is 0 Å². The summed E-state index contributed by atoms with van der Waals surface area (Å²) in [4.78, 5) is 2.36. The topological polar surface area (TPSA) is 35.5 Å². The van der Waals surface area contributed by atoms with Crippen molar-refractivity contribution in [2.45, 2.75) is 19.4 Å². The second kappa shape index (κ2) is 5.71. The molecule has 1 atom stereocenters. The number of anilines is 1. The summed E-state index contributed by atoms with van der Waals surface area (Å²) in [5, 5.41) is 13.3. The SMILES string of the molecule is Cc1ccc(Cl)cc1N1CCNCC1CCO. The molecule has 1 saturated heterocycles. The van der Waals surface area contributed by atoms with Gasteiger partial charge in [0.2, 0.25) is 0 Å². The van der Waals surface area contributed by atoms with Crippen LogP contribution in [0, 0.1) is 6.92 Å². The van der Waals surface area contributed by atoms with Crippen LogP contribution in [0.5, 0.6) is 0 Å². The number of benzene rings is 1. The van der Waals surface area contributed by atoms with Crippen molar-refractivity contribution in [3.05, 3.63) is 28.8 Å². The minimum atomic E-state index is 0.225. The minimum absolute atomic E-state index is 0.225. The Morgan fingerprint density at radius 2 is 2.35 bits per heavy atom. The molecule has 1 unspecified atom stereocenters. The molecule has 4 heteroatoms. The molecule has 1 aromatic carbocycles. The number of halogens is 1. The van der Waals surface area contributed by atoms with Gasteiger partial charge in [-0.1, -0.05) is 17.7 Å². The molecule has 1 heterocycles. The zero-order chi connectivity index (χ0) is 12.3. The summed E-state index contributed by atoms with van der Waals surface area (Å²) in [6.45, 7) is 5.19. The second-order valence-electron chi connectivity index (χ2n) is 4.49. The van der Waals surface area contributed by atoms with Gasteiger partial charge in [0, 0.05) is 43.0 Å². The molecular weight excluding hydrogens is 236 g/mol. The Kier molecular flexibility index (Phi) is 4.26. The molecule has 2 N–H and O–H groups in total. The van der Waals surface area contributed by atoms with Gasteiger partial charge in [-0.15, -0.1) is 0 Å². The molecule has 1 fully saturated rings. The second-order valence-corrected chi connectivity index (χ2v) is 4.93. The highest BCUT2D eigenvalue weighted by molar-refractivity contribution is 6.30. The third-order valence-electron chi connectivity index (χ3n) is 3.29. The van der Waals surface area contributed by atoms with E-state index in [4.69, 9.17) is 16.7 Å². The summed E-state index contributed by atoms with van der Waals surface area (Å²) in [6.07, 6.45) is 0.791. The van der Waals surface area contributed by atoms with E-state index < -0.39 is 0 Å². The first-order valence-corrected chi connectivity index (χ1v) is 6.44. The van der Waals surface area contributed by atoms with E-state index in [1.807, 2.05) is 12.1 Å². The highest BCUT2D eigenvalue weighted by Gasteiger charge is 2.23. The van der Waals surface area contributed by atoms with Crippen molar-refractivity contribution in [1.82, 2.24) is 5.32 Å². The Hall–Kier alpha value is -0.770. The average molecular weight is 255 g/mol. The number of aliphatic hydroxyl groups excluding tert-OH is 1. The van der Waals surface area contributed by atoms with E-state index in [1.165, 1.54) is 11.3 Å². The first-order valence-electron chi connectivity index (χ1n) is 6.06. The molecule has 0 aromatic heterocycles. The summed E-state index contributed by atoms with van der Waals surface area (Å²) in [6, 6.07) is 6.34. The van der Waals surface area contributed by atoms with Gasteiger partial charge in [0.1, 0.15) is 0 Å². The molecule has 1 aromatic rings. The van der Waals surface area contributed by atoms with Crippen molar-refractivity contribution in [3.63, 3.8) is 0 Å². The Morgan fingerprint density at radius 3 is 3.12 bits per heavy atom. The lowest BCUT2D eigenvalue weighted by molar-refractivity contribution is 0.266. The van der Waals surface area contributed by atoms with E-state index in [0.717, 1.165) is 31.1 Å². The van der Waals surface area contributed by atoms with Crippen molar-refractivity contribution in [2.75, 3.05) is 31.1 Å². The highest BCUT2D eigenvalue weighted by Crippen LogP contribution is 2.27. The Labute approximate surface area is 107 Å². The molecule has 1 aliphatic heterocycles. The van der Waals surface area contributed by atoms with Crippen molar-refractivity contribution >= 4 is 17.3 Å². The van der Waals surface area contributed by atoms with Crippen LogP contribution in [-0.2, 0) is 0 Å². The molecule has 0 bridgehead atoms. The molecule has 0 spiro atoms. The predicted molar refractivity (Wildman–Crippen MR) is 71.9 cm³/mol. The van der Waals surface area contributed by atoms with Crippen LogP contribution in [-0.4, -0.2) is 37.4 Å². The van der Waals surface area contributed by atoms with Crippen LogP contribution < -0.4 is 10.2 Å². The first-order chi connectivity index (χ1) is 8.22. The van der Waals surface area contributed by atoms with Gasteiger partial charge in [-0.2, -0.15) is 0 Å². The number of hydrogen-bond acceptors (Lipinski definition) is 3. The van der Waals surface area contributed by atoms with Crippen molar-refractivity contribution in [1.29, 1.82) is 0 Å². The van der Waals surface area contributed by atoms with Crippen molar-refractivity contribution in [3.8, 4) is 0 Å². The van der Waals surface area contributed by atoms with Gasteiger partial charge in [-0.25, -0.2) is 0 Å². The van der Waals surface area contributed by atoms with E-state index in [1.54, 1.807) is 0 Å². The average Bonchev–Trinajstić information content (AvgIpc) is 2.34. The van der Waals surface area contributed by atoms with Crippen LogP contribution in [0.1, 0.15) is 12.0 Å². The lowest BCUT2D eigenvalue weighted by Crippen LogP contribution is -2.52. The Bertz CT molecular complexity index is 382. The standard InChI is InChI=1S/C13H19ClN2O/c1-10-2-3-11(14)8-13(10)16-6-5-15-9-12(16)4-7-17/h2-3,8,12,15,17H,4-7,9H2,1H3. The van der Waals surface area contributed by atoms with Crippen LogP contribution in [0.2, 0.25) is 5.02 Å². The molecule has 0 amide bonds. The quantitative estimate of drug-likeness (QED) is 0.864. The Morgan fingerprint density at radius 1 is 1.53 bits per heavy atom. The van der Waals surface area contributed by atoms with Gasteiger partial charge in [0.05, 0.1) is 0 Å².